The van der Waals surface area contributed by atoms with Crippen molar-refractivity contribution in [2.75, 3.05) is 25.5 Å². The maximum Gasteiger partial charge on any atom is 0.245 e. The molecule has 1 aliphatic carbocycles. The Morgan fingerprint density at radius 1 is 1.11 bits per heavy atom. The van der Waals surface area contributed by atoms with Gasteiger partial charge < -0.3 is 20.4 Å². The first-order chi connectivity index (χ1) is 17.8. The number of amides is 2. The zero-order valence-corrected chi connectivity index (χ0v) is 22.5. The monoisotopic (exact) mass is 509 g/mol. The van der Waals surface area contributed by atoms with E-state index in [1.54, 1.807) is 19.2 Å². The highest BCUT2D eigenvalue weighted by molar-refractivity contribution is 5.90. The quantitative estimate of drug-likeness (QED) is 0.543. The van der Waals surface area contributed by atoms with Gasteiger partial charge in [-0.15, -0.1) is 0 Å². The molecule has 0 radical (unpaired) electrons. The van der Waals surface area contributed by atoms with Crippen LogP contribution in [0, 0.1) is 18.7 Å². The molecule has 7 nitrogen and oxygen atoms in total. The Hall–Kier alpha value is -3.00. The van der Waals surface area contributed by atoms with Crippen LogP contribution in [0.5, 0.6) is 0 Å². The summed E-state index contributed by atoms with van der Waals surface area (Å²) < 4.78 is 13.4. The molecule has 1 saturated carbocycles. The fourth-order valence-corrected chi connectivity index (χ4v) is 5.66. The lowest BCUT2D eigenvalue weighted by Crippen LogP contribution is -2.55. The second-order valence-corrected chi connectivity index (χ2v) is 10.5. The van der Waals surface area contributed by atoms with Gasteiger partial charge in [-0.05, 0) is 94.0 Å². The second kappa shape index (κ2) is 12.0. The van der Waals surface area contributed by atoms with Gasteiger partial charge in [-0.2, -0.15) is 0 Å². The van der Waals surface area contributed by atoms with E-state index in [1.807, 2.05) is 43.0 Å². The number of pyridine rings is 1. The first kappa shape index (κ1) is 27.0. The lowest BCUT2D eigenvalue weighted by Gasteiger charge is -2.36. The second-order valence-electron chi connectivity index (χ2n) is 10.5. The van der Waals surface area contributed by atoms with Crippen LogP contribution in [-0.2, 0) is 9.59 Å². The zero-order chi connectivity index (χ0) is 26.5. The van der Waals surface area contributed by atoms with E-state index in [-0.39, 0.29) is 35.6 Å². The van der Waals surface area contributed by atoms with Gasteiger partial charge in [-0.3, -0.25) is 9.59 Å². The molecule has 200 valence electrons. The molecular weight excluding hydrogens is 469 g/mol. The van der Waals surface area contributed by atoms with Crippen molar-refractivity contribution in [3.05, 3.63) is 53.5 Å². The average Bonchev–Trinajstić information content (AvgIpc) is 3.41. The number of hydrogen-bond donors (Lipinski definition) is 2. The summed E-state index contributed by atoms with van der Waals surface area (Å²) in [5.41, 5.74) is 2.94. The topological polar surface area (TPSA) is 77.6 Å². The number of carbonyl (C=O) groups is 2. The van der Waals surface area contributed by atoms with Gasteiger partial charge in [0.2, 0.25) is 11.8 Å². The molecule has 2 aliphatic rings. The molecule has 1 aliphatic heterocycles. The summed E-state index contributed by atoms with van der Waals surface area (Å²) in [4.78, 5) is 35.5. The van der Waals surface area contributed by atoms with E-state index in [2.05, 4.69) is 15.6 Å². The smallest absolute Gasteiger partial charge is 0.245 e. The molecule has 1 aromatic carbocycles. The molecule has 0 spiro atoms. The third kappa shape index (κ3) is 6.12. The number of carbonyl (C=O) groups excluding carboxylic acids is 2. The van der Waals surface area contributed by atoms with Crippen molar-refractivity contribution >= 4 is 23.3 Å². The number of aromatic nitrogens is 1. The van der Waals surface area contributed by atoms with E-state index in [0.29, 0.717) is 6.54 Å². The number of nitrogens with zero attached hydrogens (tertiary/aromatic N) is 3. The Kier molecular flexibility index (Phi) is 8.79. The largest absolute Gasteiger partial charge is 0.343 e. The summed E-state index contributed by atoms with van der Waals surface area (Å²) in [5.74, 6) is 0.514. The van der Waals surface area contributed by atoms with Gasteiger partial charge in [0.1, 0.15) is 17.7 Å². The highest BCUT2D eigenvalue weighted by Gasteiger charge is 2.39. The van der Waals surface area contributed by atoms with E-state index in [4.69, 9.17) is 0 Å². The molecule has 4 rings (SSSR count). The van der Waals surface area contributed by atoms with Crippen molar-refractivity contribution in [1.29, 1.82) is 0 Å². The number of anilines is 2. The van der Waals surface area contributed by atoms with Crippen molar-refractivity contribution in [2.45, 2.75) is 76.9 Å². The maximum atomic E-state index is 14.1. The first-order valence-electron chi connectivity index (χ1n) is 13.5. The number of halogens is 1. The lowest BCUT2D eigenvalue weighted by atomic mass is 9.83. The number of likely N-dealkylation sites (N-methyl/N-ethyl adjacent to an activating group) is 1. The van der Waals surface area contributed by atoms with E-state index >= 15 is 0 Å². The van der Waals surface area contributed by atoms with Gasteiger partial charge >= 0.3 is 0 Å². The summed E-state index contributed by atoms with van der Waals surface area (Å²) in [6.45, 7) is 4.52. The normalized spacial score (nSPS) is 19.9. The van der Waals surface area contributed by atoms with Gasteiger partial charge in [0.15, 0.2) is 0 Å². The number of nitrogens with one attached hydrogen (secondary N) is 2. The van der Waals surface area contributed by atoms with Crippen LogP contribution >= 0.6 is 0 Å². The van der Waals surface area contributed by atoms with Gasteiger partial charge in [0.05, 0.1) is 12.1 Å². The van der Waals surface area contributed by atoms with Crippen LogP contribution in [0.2, 0.25) is 0 Å². The Morgan fingerprint density at radius 2 is 1.81 bits per heavy atom. The van der Waals surface area contributed by atoms with E-state index in [0.717, 1.165) is 61.2 Å². The van der Waals surface area contributed by atoms with Crippen molar-refractivity contribution in [2.24, 2.45) is 5.92 Å². The van der Waals surface area contributed by atoms with Crippen LogP contribution in [0.4, 0.5) is 15.9 Å². The third-order valence-electron chi connectivity index (χ3n) is 8.09. The van der Waals surface area contributed by atoms with Crippen molar-refractivity contribution in [3.63, 3.8) is 0 Å². The van der Waals surface area contributed by atoms with Gasteiger partial charge in [0.25, 0.3) is 0 Å². The van der Waals surface area contributed by atoms with Crippen LogP contribution in [0.3, 0.4) is 0 Å². The van der Waals surface area contributed by atoms with Crippen LogP contribution in [0.1, 0.15) is 69.0 Å². The fraction of sp³-hybridized carbons (Fsp3) is 0.552. The molecule has 2 amide bonds. The summed E-state index contributed by atoms with van der Waals surface area (Å²) in [7, 11) is 3.66. The molecule has 37 heavy (non-hydrogen) atoms. The molecule has 0 unspecified atom stereocenters. The first-order valence-corrected chi connectivity index (χ1v) is 13.5. The van der Waals surface area contributed by atoms with E-state index < -0.39 is 6.04 Å². The number of benzene rings is 1. The standard InChI is InChI=1S/C29H40FN5O2/c1-19-18-32-26(34(4)23-14-12-22(30)13-15-23)17-24(19)25-11-8-16-35(25)29(37)27(21-9-6-5-7-10-21)33-28(36)20(2)31-3/h12-15,17-18,20-21,25,27,31H,5-11,16H2,1-4H3,(H,33,36)/t20-,25-,27-/m0/s1. The summed E-state index contributed by atoms with van der Waals surface area (Å²) >= 11 is 0. The Morgan fingerprint density at radius 3 is 2.49 bits per heavy atom. The van der Waals surface area contributed by atoms with Crippen LogP contribution < -0.4 is 15.5 Å². The molecule has 2 aromatic rings. The van der Waals surface area contributed by atoms with Crippen molar-refractivity contribution in [3.8, 4) is 0 Å². The van der Waals surface area contributed by atoms with E-state index in [9.17, 15) is 14.0 Å². The Bertz CT molecular complexity index is 1090. The average molecular weight is 510 g/mol. The molecule has 8 heteroatoms. The predicted octanol–water partition coefficient (Wildman–Crippen LogP) is 4.63. The van der Waals surface area contributed by atoms with Crippen LogP contribution in [0.15, 0.2) is 36.5 Å². The van der Waals surface area contributed by atoms with Gasteiger partial charge in [-0.1, -0.05) is 19.3 Å². The van der Waals surface area contributed by atoms with Crippen molar-refractivity contribution < 1.29 is 14.0 Å². The molecule has 2 N–H and O–H groups in total. The number of hydrogen-bond acceptors (Lipinski definition) is 5. The summed E-state index contributed by atoms with van der Waals surface area (Å²) in [6, 6.07) is 7.44. The minimum Gasteiger partial charge on any atom is -0.343 e. The molecule has 2 fully saturated rings. The summed E-state index contributed by atoms with van der Waals surface area (Å²) in [6.07, 6.45) is 8.93. The number of aryl methyl sites for hydroxylation is 1. The predicted molar refractivity (Wildman–Crippen MR) is 144 cm³/mol. The third-order valence-corrected chi connectivity index (χ3v) is 8.09. The summed E-state index contributed by atoms with van der Waals surface area (Å²) in [5, 5.41) is 6.10. The minimum atomic E-state index is -0.507. The molecule has 3 atom stereocenters. The lowest BCUT2D eigenvalue weighted by molar-refractivity contribution is -0.139. The molecule has 1 saturated heterocycles. The SMILES string of the molecule is CN[C@@H](C)C(=O)N[C@H](C(=O)N1CCC[C@H]1c1cc(N(C)c2ccc(F)cc2)ncc1C)C1CCCCC1. The van der Waals surface area contributed by atoms with E-state index in [1.165, 1.54) is 18.6 Å². The van der Waals surface area contributed by atoms with Gasteiger partial charge in [0, 0.05) is 25.5 Å². The van der Waals surface area contributed by atoms with Crippen molar-refractivity contribution in [1.82, 2.24) is 20.5 Å². The maximum absolute atomic E-state index is 14.1. The highest BCUT2D eigenvalue weighted by Crippen LogP contribution is 2.37. The molecular formula is C29H40FN5O2. The minimum absolute atomic E-state index is 0.0238. The molecule has 0 bridgehead atoms. The Labute approximate surface area is 219 Å². The number of likely N-dealkylation sites (tertiary alicyclic amines) is 1. The van der Waals surface area contributed by atoms with Crippen LogP contribution in [0.25, 0.3) is 0 Å². The molecule has 1 aromatic heterocycles. The highest BCUT2D eigenvalue weighted by atomic mass is 19.1. The molecule has 2 heterocycles. The van der Waals surface area contributed by atoms with Gasteiger partial charge in [-0.25, -0.2) is 9.37 Å². The zero-order valence-electron chi connectivity index (χ0n) is 22.5. The van der Waals surface area contributed by atoms with Crippen LogP contribution in [-0.4, -0.2) is 54.4 Å². The Balaban J connectivity index is 1.60. The fourth-order valence-electron chi connectivity index (χ4n) is 5.66. The number of rotatable bonds is 8.